The van der Waals surface area contributed by atoms with E-state index < -0.39 is 13.3 Å². The quantitative estimate of drug-likeness (QED) is 0.722. The molecular formula is C8H7F2I. The maximum Gasteiger partial charge on any atom is 0.116 e. The van der Waals surface area contributed by atoms with Crippen molar-refractivity contribution in [2.45, 2.75) is 13.3 Å². The normalized spacial score (nSPS) is 10.1. The summed E-state index contributed by atoms with van der Waals surface area (Å²) in [5.74, 6) is 0. The molecule has 0 spiro atoms. The molecule has 0 atom stereocenters. The fourth-order valence-corrected chi connectivity index (χ4v) is 1.49. The average molecular weight is 268 g/mol. The van der Waals surface area contributed by atoms with Crippen LogP contribution in [0.4, 0.5) is 8.78 Å². The number of benzene rings is 1. The molecule has 1 aromatic rings. The van der Waals surface area contributed by atoms with Gasteiger partial charge in [-0.15, -0.1) is 0 Å². The summed E-state index contributed by atoms with van der Waals surface area (Å²) >= 11 is 1.96. The van der Waals surface area contributed by atoms with Gasteiger partial charge in [0.25, 0.3) is 0 Å². The van der Waals surface area contributed by atoms with Crippen LogP contribution in [0.25, 0.3) is 0 Å². The van der Waals surface area contributed by atoms with E-state index in [0.717, 1.165) is 0 Å². The topological polar surface area (TPSA) is 0 Å². The first-order chi connectivity index (χ1) is 5.29. The van der Waals surface area contributed by atoms with Crippen LogP contribution in [0.15, 0.2) is 18.2 Å². The molecule has 0 saturated carbocycles. The molecule has 0 amide bonds. The second-order valence-corrected chi connectivity index (χ2v) is 3.24. The molecule has 1 aromatic carbocycles. The smallest absolute Gasteiger partial charge is 0.116 e. The molecule has 0 aliphatic rings. The van der Waals surface area contributed by atoms with Crippen LogP contribution < -0.4 is 0 Å². The zero-order chi connectivity index (χ0) is 8.27. The van der Waals surface area contributed by atoms with Gasteiger partial charge in [0.2, 0.25) is 0 Å². The van der Waals surface area contributed by atoms with E-state index in [1.165, 1.54) is 0 Å². The Morgan fingerprint density at radius 1 is 1.09 bits per heavy atom. The minimum absolute atomic E-state index is 0.522. The highest BCUT2D eigenvalue weighted by molar-refractivity contribution is 14.1. The largest absolute Gasteiger partial charge is 0.246 e. The molecule has 0 radical (unpaired) electrons. The molecule has 0 aromatic heterocycles. The fraction of sp³-hybridized carbons (Fsp3) is 0.250. The van der Waals surface area contributed by atoms with E-state index in [4.69, 9.17) is 0 Å². The van der Waals surface area contributed by atoms with Crippen molar-refractivity contribution in [1.29, 1.82) is 0 Å². The first-order valence-electron chi connectivity index (χ1n) is 3.17. The third-order valence-corrected chi connectivity index (χ3v) is 2.83. The lowest BCUT2D eigenvalue weighted by molar-refractivity contribution is 0.472. The predicted octanol–water partition coefficient (Wildman–Crippen LogP) is 3.23. The highest BCUT2D eigenvalue weighted by Gasteiger charge is 2.03. The van der Waals surface area contributed by atoms with Crippen LogP contribution in [0, 0.1) is 3.57 Å². The molecule has 0 nitrogen and oxygen atoms in total. The number of halogens is 3. The zero-order valence-corrected chi connectivity index (χ0v) is 7.94. The summed E-state index contributed by atoms with van der Waals surface area (Å²) in [6.45, 7) is -1.04. The van der Waals surface area contributed by atoms with Gasteiger partial charge in [0.05, 0.1) is 0 Å². The lowest BCUT2D eigenvalue weighted by atomic mass is 10.1. The van der Waals surface area contributed by atoms with E-state index in [2.05, 4.69) is 0 Å². The van der Waals surface area contributed by atoms with Gasteiger partial charge in [0.15, 0.2) is 0 Å². The number of rotatable bonds is 2. The third-order valence-electron chi connectivity index (χ3n) is 1.45. The molecule has 0 bridgehead atoms. The summed E-state index contributed by atoms with van der Waals surface area (Å²) in [7, 11) is 0. The van der Waals surface area contributed by atoms with Gasteiger partial charge in [-0.25, -0.2) is 8.78 Å². The Morgan fingerprint density at radius 2 is 1.55 bits per heavy atom. The number of hydrogen-bond acceptors (Lipinski definition) is 0. The van der Waals surface area contributed by atoms with E-state index >= 15 is 0 Å². The molecule has 1 rings (SSSR count). The van der Waals surface area contributed by atoms with Crippen LogP contribution in [0.3, 0.4) is 0 Å². The van der Waals surface area contributed by atoms with Crippen LogP contribution in [0.1, 0.15) is 11.1 Å². The Labute approximate surface area is 77.8 Å². The zero-order valence-electron chi connectivity index (χ0n) is 5.78. The SMILES string of the molecule is FCc1cccc(CF)c1I. The van der Waals surface area contributed by atoms with E-state index in [0.29, 0.717) is 14.7 Å². The second kappa shape index (κ2) is 3.99. The molecule has 0 saturated heterocycles. The van der Waals surface area contributed by atoms with Crippen LogP contribution in [0.5, 0.6) is 0 Å². The number of hydrogen-bond donors (Lipinski definition) is 0. The summed E-state index contributed by atoms with van der Waals surface area (Å²) in [6.07, 6.45) is 0. The van der Waals surface area contributed by atoms with Crippen LogP contribution in [-0.2, 0) is 13.3 Å². The first kappa shape index (κ1) is 8.90. The van der Waals surface area contributed by atoms with E-state index in [1.807, 2.05) is 22.6 Å². The Bertz CT molecular complexity index is 226. The molecule has 11 heavy (non-hydrogen) atoms. The summed E-state index contributed by atoms with van der Waals surface area (Å²) < 4.78 is 25.1. The average Bonchev–Trinajstić information content (AvgIpc) is 2.05. The Morgan fingerprint density at radius 3 is 1.91 bits per heavy atom. The summed E-state index contributed by atoms with van der Waals surface area (Å²) in [4.78, 5) is 0. The molecule has 60 valence electrons. The van der Waals surface area contributed by atoms with Crippen molar-refractivity contribution in [2.75, 3.05) is 0 Å². The van der Waals surface area contributed by atoms with Gasteiger partial charge in [0, 0.05) is 3.57 Å². The minimum Gasteiger partial charge on any atom is -0.246 e. The molecule has 3 heteroatoms. The lowest BCUT2D eigenvalue weighted by Crippen LogP contribution is -1.90. The van der Waals surface area contributed by atoms with E-state index in [1.54, 1.807) is 18.2 Å². The third kappa shape index (κ3) is 1.89. The standard InChI is InChI=1S/C8H7F2I/c9-4-6-2-1-3-7(5-10)8(6)11/h1-3H,4-5H2. The van der Waals surface area contributed by atoms with Gasteiger partial charge >= 0.3 is 0 Å². The van der Waals surface area contributed by atoms with Crippen molar-refractivity contribution in [2.24, 2.45) is 0 Å². The summed E-state index contributed by atoms with van der Waals surface area (Å²) in [5, 5.41) is 0. The van der Waals surface area contributed by atoms with Gasteiger partial charge in [-0.1, -0.05) is 18.2 Å². The van der Waals surface area contributed by atoms with Crippen molar-refractivity contribution in [3.05, 3.63) is 32.9 Å². The molecule has 0 aliphatic heterocycles. The molecule has 0 unspecified atom stereocenters. The molecule has 0 heterocycles. The highest BCUT2D eigenvalue weighted by Crippen LogP contribution is 2.18. The van der Waals surface area contributed by atoms with Crippen molar-refractivity contribution in [3.8, 4) is 0 Å². The fourth-order valence-electron chi connectivity index (χ4n) is 0.839. The monoisotopic (exact) mass is 268 g/mol. The molecule has 0 aliphatic carbocycles. The van der Waals surface area contributed by atoms with Gasteiger partial charge < -0.3 is 0 Å². The molecule has 0 fully saturated rings. The maximum absolute atomic E-state index is 12.2. The van der Waals surface area contributed by atoms with Gasteiger partial charge in [-0.2, -0.15) is 0 Å². The Kier molecular flexibility index (Phi) is 3.23. The van der Waals surface area contributed by atoms with Crippen molar-refractivity contribution < 1.29 is 8.78 Å². The predicted molar refractivity (Wildman–Crippen MR) is 48.8 cm³/mol. The summed E-state index contributed by atoms with van der Waals surface area (Å²) in [6, 6.07) is 5.01. The van der Waals surface area contributed by atoms with Gasteiger partial charge in [-0.3, -0.25) is 0 Å². The molecular weight excluding hydrogens is 261 g/mol. The molecule has 0 N–H and O–H groups in total. The van der Waals surface area contributed by atoms with Gasteiger partial charge in [0.1, 0.15) is 13.3 Å². The van der Waals surface area contributed by atoms with E-state index in [9.17, 15) is 8.78 Å². The highest BCUT2D eigenvalue weighted by atomic mass is 127. The summed E-state index contributed by atoms with van der Waals surface area (Å²) in [5.41, 5.74) is 1.14. The second-order valence-electron chi connectivity index (χ2n) is 2.16. The minimum atomic E-state index is -0.522. The maximum atomic E-state index is 12.2. The van der Waals surface area contributed by atoms with Crippen LogP contribution in [-0.4, -0.2) is 0 Å². The van der Waals surface area contributed by atoms with Crippen LogP contribution >= 0.6 is 22.6 Å². The van der Waals surface area contributed by atoms with Crippen molar-refractivity contribution in [3.63, 3.8) is 0 Å². The first-order valence-corrected chi connectivity index (χ1v) is 4.25. The van der Waals surface area contributed by atoms with Gasteiger partial charge in [-0.05, 0) is 33.7 Å². The number of alkyl halides is 2. The van der Waals surface area contributed by atoms with E-state index in [-0.39, 0.29) is 0 Å². The van der Waals surface area contributed by atoms with Crippen molar-refractivity contribution >= 4 is 22.6 Å². The Balaban J connectivity index is 3.10. The van der Waals surface area contributed by atoms with Crippen molar-refractivity contribution in [1.82, 2.24) is 0 Å². The Hall–Kier alpha value is -0.190. The lowest BCUT2D eigenvalue weighted by Gasteiger charge is -2.02. The van der Waals surface area contributed by atoms with Crippen LogP contribution in [0.2, 0.25) is 0 Å².